The first-order chi connectivity index (χ1) is 14.3. The second kappa shape index (κ2) is 9.43. The number of alkyl halides is 3. The summed E-state index contributed by atoms with van der Waals surface area (Å²) in [6.07, 6.45) is -2.51. The number of rotatable bonds is 6. The molecule has 0 aliphatic carbocycles. The van der Waals surface area contributed by atoms with E-state index in [0.29, 0.717) is 23.7 Å². The number of hydrogen-bond donors (Lipinski definition) is 1. The van der Waals surface area contributed by atoms with Gasteiger partial charge in [0.15, 0.2) is 11.6 Å². The third-order valence-electron chi connectivity index (χ3n) is 4.73. The van der Waals surface area contributed by atoms with E-state index in [4.69, 9.17) is 5.26 Å². The van der Waals surface area contributed by atoms with Crippen LogP contribution in [-0.2, 0) is 11.2 Å². The summed E-state index contributed by atoms with van der Waals surface area (Å²) in [5.74, 6) is 0.554. The van der Waals surface area contributed by atoms with Gasteiger partial charge in [0.1, 0.15) is 5.75 Å². The fourth-order valence-electron chi connectivity index (χ4n) is 3.28. The third kappa shape index (κ3) is 6.34. The molecule has 1 fully saturated rings. The van der Waals surface area contributed by atoms with E-state index in [9.17, 15) is 18.0 Å². The number of nitrogens with zero attached hydrogens (tertiary/aromatic N) is 4. The highest BCUT2D eigenvalue weighted by molar-refractivity contribution is 5.91. The number of carbonyl (C=O) groups excluding carboxylic acids is 1. The quantitative estimate of drug-likeness (QED) is 0.768. The maximum Gasteiger partial charge on any atom is 0.573 e. The molecule has 0 spiro atoms. The lowest BCUT2D eigenvalue weighted by atomic mass is 9.94. The van der Waals surface area contributed by atoms with Crippen LogP contribution in [0.25, 0.3) is 0 Å². The largest absolute Gasteiger partial charge is 0.573 e. The number of ether oxygens (including phenoxy) is 1. The second-order valence-corrected chi connectivity index (χ2v) is 6.99. The van der Waals surface area contributed by atoms with Gasteiger partial charge in [0.05, 0.1) is 12.5 Å². The number of anilines is 2. The Kier molecular flexibility index (Phi) is 6.72. The molecule has 7 nitrogen and oxygen atoms in total. The molecule has 1 aliphatic rings. The molecule has 10 heteroatoms. The summed E-state index contributed by atoms with van der Waals surface area (Å²) in [5, 5.41) is 19.5. The maximum atomic E-state index is 12.3. The Bertz CT molecular complexity index is 904. The number of aromatic nitrogens is 2. The van der Waals surface area contributed by atoms with Crippen LogP contribution in [-0.4, -0.2) is 35.6 Å². The first kappa shape index (κ1) is 21.4. The Labute approximate surface area is 171 Å². The lowest BCUT2D eigenvalue weighted by Gasteiger charge is -2.31. The lowest BCUT2D eigenvalue weighted by Crippen LogP contribution is -2.34. The first-order valence-electron chi connectivity index (χ1n) is 9.42. The Hall–Kier alpha value is -3.35. The van der Waals surface area contributed by atoms with E-state index in [1.807, 2.05) is 0 Å². The molecule has 1 amide bonds. The van der Waals surface area contributed by atoms with Crippen LogP contribution >= 0.6 is 0 Å². The van der Waals surface area contributed by atoms with Gasteiger partial charge in [0.2, 0.25) is 5.91 Å². The van der Waals surface area contributed by atoms with Crippen LogP contribution in [0.3, 0.4) is 0 Å². The molecule has 3 rings (SSSR count). The normalized spacial score (nSPS) is 14.8. The fraction of sp³-hybridized carbons (Fsp3) is 0.400. The average Bonchev–Trinajstić information content (AvgIpc) is 2.68. The molecule has 0 bridgehead atoms. The van der Waals surface area contributed by atoms with Crippen molar-refractivity contribution in [1.82, 2.24) is 10.2 Å². The molecule has 2 aromatic rings. The van der Waals surface area contributed by atoms with Crippen molar-refractivity contribution in [2.45, 2.75) is 32.0 Å². The summed E-state index contributed by atoms with van der Waals surface area (Å²) in [4.78, 5) is 14.3. The Morgan fingerprint density at radius 2 is 2.00 bits per heavy atom. The zero-order chi connectivity index (χ0) is 21.6. The van der Waals surface area contributed by atoms with Crippen LogP contribution in [0.1, 0.15) is 24.8 Å². The van der Waals surface area contributed by atoms with Crippen molar-refractivity contribution in [3.05, 3.63) is 42.0 Å². The number of hydrogen-bond acceptors (Lipinski definition) is 6. The van der Waals surface area contributed by atoms with Gasteiger partial charge in [-0.05, 0) is 48.6 Å². The molecule has 0 saturated carbocycles. The van der Waals surface area contributed by atoms with E-state index in [1.165, 1.54) is 18.2 Å². The SMILES string of the molecule is N#CCC1CCN(c2ccc(NC(=O)Cc3cccc(OC(F)(F)F)c3)nn2)CC1. The van der Waals surface area contributed by atoms with Gasteiger partial charge in [-0.2, -0.15) is 5.26 Å². The van der Waals surface area contributed by atoms with Gasteiger partial charge in [-0.1, -0.05) is 12.1 Å². The van der Waals surface area contributed by atoms with Gasteiger partial charge in [0, 0.05) is 19.5 Å². The van der Waals surface area contributed by atoms with Crippen molar-refractivity contribution in [3.63, 3.8) is 0 Å². The molecule has 1 saturated heterocycles. The van der Waals surface area contributed by atoms with Gasteiger partial charge in [-0.25, -0.2) is 0 Å². The van der Waals surface area contributed by atoms with E-state index < -0.39 is 12.3 Å². The number of amides is 1. The fourth-order valence-corrected chi connectivity index (χ4v) is 3.28. The summed E-state index contributed by atoms with van der Waals surface area (Å²) < 4.78 is 40.8. The van der Waals surface area contributed by atoms with Crippen molar-refractivity contribution in [1.29, 1.82) is 5.26 Å². The predicted molar refractivity (Wildman–Crippen MR) is 103 cm³/mol. The molecule has 30 heavy (non-hydrogen) atoms. The first-order valence-corrected chi connectivity index (χ1v) is 9.42. The minimum Gasteiger partial charge on any atom is -0.406 e. The van der Waals surface area contributed by atoms with Crippen molar-refractivity contribution in [3.8, 4) is 11.8 Å². The minimum absolute atomic E-state index is 0.134. The molecule has 0 radical (unpaired) electrons. The minimum atomic E-state index is -4.79. The number of benzene rings is 1. The van der Waals surface area contributed by atoms with E-state index in [-0.39, 0.29) is 18.0 Å². The highest BCUT2D eigenvalue weighted by Gasteiger charge is 2.31. The van der Waals surface area contributed by atoms with Gasteiger partial charge in [0.25, 0.3) is 0 Å². The highest BCUT2D eigenvalue weighted by Crippen LogP contribution is 2.25. The van der Waals surface area contributed by atoms with E-state index >= 15 is 0 Å². The summed E-state index contributed by atoms with van der Waals surface area (Å²) in [7, 11) is 0. The summed E-state index contributed by atoms with van der Waals surface area (Å²) in [6, 6.07) is 10.8. The van der Waals surface area contributed by atoms with Crippen molar-refractivity contribution >= 4 is 17.5 Å². The predicted octanol–water partition coefficient (Wildman–Crippen LogP) is 3.69. The van der Waals surface area contributed by atoms with Gasteiger partial charge >= 0.3 is 6.36 Å². The van der Waals surface area contributed by atoms with Crippen molar-refractivity contribution in [2.75, 3.05) is 23.3 Å². The monoisotopic (exact) mass is 419 g/mol. The molecule has 1 aromatic carbocycles. The van der Waals surface area contributed by atoms with E-state index in [2.05, 4.69) is 31.2 Å². The van der Waals surface area contributed by atoms with Crippen LogP contribution in [0, 0.1) is 17.2 Å². The second-order valence-electron chi connectivity index (χ2n) is 6.99. The maximum absolute atomic E-state index is 12.3. The molecule has 1 aromatic heterocycles. The Morgan fingerprint density at radius 3 is 2.63 bits per heavy atom. The molecule has 158 valence electrons. The van der Waals surface area contributed by atoms with Gasteiger partial charge in [-0.3, -0.25) is 4.79 Å². The Morgan fingerprint density at radius 1 is 1.23 bits per heavy atom. The highest BCUT2D eigenvalue weighted by atomic mass is 19.4. The smallest absolute Gasteiger partial charge is 0.406 e. The van der Waals surface area contributed by atoms with Crippen molar-refractivity contribution in [2.24, 2.45) is 5.92 Å². The molecule has 1 N–H and O–H groups in total. The molecule has 2 heterocycles. The van der Waals surface area contributed by atoms with E-state index in [1.54, 1.807) is 12.1 Å². The van der Waals surface area contributed by atoms with Crippen LogP contribution in [0.2, 0.25) is 0 Å². The summed E-state index contributed by atoms with van der Waals surface area (Å²) in [5.41, 5.74) is 0.374. The topological polar surface area (TPSA) is 91.1 Å². The molecular formula is C20H20F3N5O2. The van der Waals surface area contributed by atoms with Crippen molar-refractivity contribution < 1.29 is 22.7 Å². The standard InChI is InChI=1S/C20H20F3N5O2/c21-20(22,23)30-16-3-1-2-15(12-16)13-19(29)25-17-4-5-18(27-26-17)28-10-7-14(6-9-24)8-11-28/h1-5,12,14H,6-8,10-11,13H2,(H,25,26,29). The molecule has 0 unspecified atom stereocenters. The van der Waals surface area contributed by atoms with Crippen LogP contribution < -0.4 is 15.0 Å². The molecule has 0 atom stereocenters. The van der Waals surface area contributed by atoms with E-state index in [0.717, 1.165) is 32.0 Å². The van der Waals surface area contributed by atoms with Gasteiger partial charge in [-0.15, -0.1) is 23.4 Å². The third-order valence-corrected chi connectivity index (χ3v) is 4.73. The van der Waals surface area contributed by atoms with Gasteiger partial charge < -0.3 is 15.0 Å². The molecular weight excluding hydrogens is 399 g/mol. The zero-order valence-electron chi connectivity index (χ0n) is 16.0. The number of carbonyl (C=O) groups is 1. The molecule has 1 aliphatic heterocycles. The number of nitriles is 1. The number of halogens is 3. The Balaban J connectivity index is 1.53. The average molecular weight is 419 g/mol. The number of piperidine rings is 1. The number of nitrogens with one attached hydrogen (secondary N) is 1. The lowest BCUT2D eigenvalue weighted by molar-refractivity contribution is -0.274. The van der Waals surface area contributed by atoms with Crippen LogP contribution in [0.15, 0.2) is 36.4 Å². The van der Waals surface area contributed by atoms with Crippen LogP contribution in [0.4, 0.5) is 24.8 Å². The van der Waals surface area contributed by atoms with Crippen LogP contribution in [0.5, 0.6) is 5.75 Å². The zero-order valence-corrected chi connectivity index (χ0v) is 16.0. The summed E-state index contributed by atoms with van der Waals surface area (Å²) in [6.45, 7) is 1.59. The summed E-state index contributed by atoms with van der Waals surface area (Å²) >= 11 is 0.